The molecule has 1 fully saturated rings. The van der Waals surface area contributed by atoms with Gasteiger partial charge in [0.15, 0.2) is 5.75 Å². The fourth-order valence-corrected chi connectivity index (χ4v) is 2.57. The summed E-state index contributed by atoms with van der Waals surface area (Å²) in [5.74, 6) is 0.759. The fourth-order valence-electron chi connectivity index (χ4n) is 2.57. The van der Waals surface area contributed by atoms with Crippen molar-refractivity contribution < 1.29 is 5.11 Å². The van der Waals surface area contributed by atoms with Crippen LogP contribution < -0.4 is 0 Å². The molecule has 0 aliphatic heterocycles. The largest absolute Gasteiger partial charge is 0.290 e. The smallest absolute Gasteiger partial charge is 0.182 e. The summed E-state index contributed by atoms with van der Waals surface area (Å²) in [6.07, 6.45) is 4.96. The van der Waals surface area contributed by atoms with E-state index in [1.807, 2.05) is 6.07 Å². The van der Waals surface area contributed by atoms with E-state index in [0.717, 1.165) is 5.56 Å². The lowest BCUT2D eigenvalue weighted by molar-refractivity contribution is 0.346. The lowest BCUT2D eigenvalue weighted by Crippen LogP contribution is -2.11. The normalized spacial score (nSPS) is 17.9. The van der Waals surface area contributed by atoms with Gasteiger partial charge in [-0.2, -0.15) is 0 Å². The van der Waals surface area contributed by atoms with Gasteiger partial charge >= 0.3 is 0 Å². The Morgan fingerprint density at radius 3 is 2.31 bits per heavy atom. The summed E-state index contributed by atoms with van der Waals surface area (Å²) < 4.78 is 0. The molecule has 1 aliphatic rings. The third kappa shape index (κ3) is 2.23. The Balaban J connectivity index is 2.36. The van der Waals surface area contributed by atoms with Gasteiger partial charge in [-0.15, -0.1) is 0 Å². The van der Waals surface area contributed by atoms with Crippen LogP contribution in [0, 0.1) is 0 Å². The minimum absolute atomic E-state index is 0.140. The van der Waals surface area contributed by atoms with Crippen molar-refractivity contribution in [1.82, 2.24) is 0 Å². The first-order valence-electron chi connectivity index (χ1n) is 6.30. The second kappa shape index (κ2) is 4.12. The van der Waals surface area contributed by atoms with Crippen LogP contribution in [0.4, 0.5) is 0 Å². The number of benzene rings is 1. The van der Waals surface area contributed by atoms with Crippen LogP contribution in [0.5, 0.6) is 5.75 Å². The fraction of sp³-hybridized carbons (Fsp3) is 0.600. The molecule has 2 rings (SSSR count). The number of hydrogen-bond acceptors (Lipinski definition) is 0. The van der Waals surface area contributed by atoms with Gasteiger partial charge in [0.2, 0.25) is 0 Å². The van der Waals surface area contributed by atoms with Crippen LogP contribution in [0.3, 0.4) is 0 Å². The summed E-state index contributed by atoms with van der Waals surface area (Å²) in [5.41, 5.74) is 2.49. The predicted octanol–water partition coefficient (Wildman–Crippen LogP) is 4.79. The Morgan fingerprint density at radius 2 is 1.75 bits per heavy atom. The molecule has 0 spiro atoms. The number of hydrogen-bond donors (Lipinski definition) is 0. The lowest BCUT2D eigenvalue weighted by Gasteiger charge is -2.21. The van der Waals surface area contributed by atoms with Gasteiger partial charge in [-0.05, 0) is 35.8 Å². The highest BCUT2D eigenvalue weighted by Gasteiger charge is 2.23. The van der Waals surface area contributed by atoms with E-state index in [-0.39, 0.29) is 11.2 Å². The zero-order valence-electron chi connectivity index (χ0n) is 10.5. The van der Waals surface area contributed by atoms with Crippen LogP contribution in [0.15, 0.2) is 18.2 Å². The molecule has 0 N–H and O–H groups in total. The third-order valence-corrected chi connectivity index (χ3v) is 3.67. The zero-order valence-corrected chi connectivity index (χ0v) is 10.5. The monoisotopic (exact) mass is 217 g/mol. The highest BCUT2D eigenvalue weighted by atomic mass is 16.3. The average molecular weight is 217 g/mol. The summed E-state index contributed by atoms with van der Waals surface area (Å²) >= 11 is 0. The molecule has 0 amide bonds. The second-order valence-corrected chi connectivity index (χ2v) is 5.98. The van der Waals surface area contributed by atoms with E-state index < -0.39 is 0 Å². The zero-order chi connectivity index (χ0) is 11.8. The van der Waals surface area contributed by atoms with E-state index >= 15 is 0 Å². The van der Waals surface area contributed by atoms with Crippen LogP contribution in [0.1, 0.15) is 63.5 Å². The summed E-state index contributed by atoms with van der Waals surface area (Å²) in [7, 11) is 0. The van der Waals surface area contributed by atoms with Crippen molar-refractivity contribution in [2.45, 2.75) is 57.8 Å². The maximum atomic E-state index is 11.9. The molecular formula is C15H21O. The molecule has 1 saturated carbocycles. The van der Waals surface area contributed by atoms with Crippen molar-refractivity contribution >= 4 is 0 Å². The molecule has 16 heavy (non-hydrogen) atoms. The Hall–Kier alpha value is -0.980. The molecule has 1 aromatic rings. The SMILES string of the molecule is CC(C)(C)c1ccc([O])c(C2CCCC2)c1. The summed E-state index contributed by atoms with van der Waals surface area (Å²) in [4.78, 5) is 0. The van der Waals surface area contributed by atoms with E-state index in [0.29, 0.717) is 5.92 Å². The molecule has 0 unspecified atom stereocenters. The number of rotatable bonds is 1. The molecule has 0 saturated heterocycles. The van der Waals surface area contributed by atoms with Crippen molar-refractivity contribution in [2.75, 3.05) is 0 Å². The van der Waals surface area contributed by atoms with Gasteiger partial charge < -0.3 is 0 Å². The Bertz CT molecular complexity index is 368. The van der Waals surface area contributed by atoms with Crippen molar-refractivity contribution in [3.05, 3.63) is 29.3 Å². The van der Waals surface area contributed by atoms with E-state index in [2.05, 4.69) is 26.8 Å². The van der Waals surface area contributed by atoms with Crippen LogP contribution in [-0.2, 0) is 10.5 Å². The van der Waals surface area contributed by atoms with Gasteiger partial charge in [0.25, 0.3) is 0 Å². The Morgan fingerprint density at radius 1 is 1.12 bits per heavy atom. The van der Waals surface area contributed by atoms with Gasteiger partial charge in [-0.3, -0.25) is 5.11 Å². The van der Waals surface area contributed by atoms with Crippen molar-refractivity contribution in [3.63, 3.8) is 0 Å². The van der Waals surface area contributed by atoms with Crippen LogP contribution in [-0.4, -0.2) is 0 Å². The van der Waals surface area contributed by atoms with Gasteiger partial charge in [-0.25, -0.2) is 0 Å². The minimum Gasteiger partial charge on any atom is -0.290 e. The van der Waals surface area contributed by atoms with Crippen molar-refractivity contribution in [1.29, 1.82) is 0 Å². The van der Waals surface area contributed by atoms with E-state index in [1.54, 1.807) is 6.07 Å². The molecule has 0 aromatic heterocycles. The quantitative estimate of drug-likeness (QED) is 0.645. The summed E-state index contributed by atoms with van der Waals surface area (Å²) in [6, 6.07) is 5.90. The maximum Gasteiger partial charge on any atom is 0.182 e. The van der Waals surface area contributed by atoms with Crippen LogP contribution in [0.2, 0.25) is 0 Å². The highest BCUT2D eigenvalue weighted by Crippen LogP contribution is 2.40. The average Bonchev–Trinajstić information content (AvgIpc) is 2.69. The molecule has 1 radical (unpaired) electrons. The Labute approximate surface area is 98.5 Å². The molecule has 1 nitrogen and oxygen atoms in total. The van der Waals surface area contributed by atoms with E-state index in [4.69, 9.17) is 0 Å². The second-order valence-electron chi connectivity index (χ2n) is 5.98. The first-order valence-corrected chi connectivity index (χ1v) is 6.30. The van der Waals surface area contributed by atoms with Crippen LogP contribution in [0.25, 0.3) is 0 Å². The predicted molar refractivity (Wildman–Crippen MR) is 66.5 cm³/mol. The molecule has 0 bridgehead atoms. The summed E-state index contributed by atoms with van der Waals surface area (Å²) in [6.45, 7) is 6.60. The van der Waals surface area contributed by atoms with Gasteiger partial charge in [0.05, 0.1) is 0 Å². The third-order valence-electron chi connectivity index (χ3n) is 3.67. The first kappa shape index (κ1) is 11.5. The molecule has 1 aromatic carbocycles. The maximum absolute atomic E-state index is 11.9. The molecule has 0 heterocycles. The molecule has 0 atom stereocenters. The topological polar surface area (TPSA) is 19.9 Å². The van der Waals surface area contributed by atoms with E-state index in [1.165, 1.54) is 31.2 Å². The molecular weight excluding hydrogens is 196 g/mol. The van der Waals surface area contributed by atoms with Gasteiger partial charge in [0, 0.05) is 5.56 Å². The standard InChI is InChI=1S/C15H21O/c1-15(2,3)12-8-9-14(16)13(10-12)11-6-4-5-7-11/h8-11H,4-7H2,1-3H3. The van der Waals surface area contributed by atoms with Crippen molar-refractivity contribution in [3.8, 4) is 5.75 Å². The highest BCUT2D eigenvalue weighted by molar-refractivity contribution is 5.41. The molecule has 87 valence electrons. The minimum atomic E-state index is 0.140. The first-order chi connectivity index (χ1) is 7.48. The van der Waals surface area contributed by atoms with Gasteiger partial charge in [-0.1, -0.05) is 45.7 Å². The summed E-state index contributed by atoms with van der Waals surface area (Å²) in [5, 5.41) is 11.9. The van der Waals surface area contributed by atoms with E-state index in [9.17, 15) is 5.11 Å². The van der Waals surface area contributed by atoms with Gasteiger partial charge in [0.1, 0.15) is 0 Å². The van der Waals surface area contributed by atoms with Crippen molar-refractivity contribution in [2.24, 2.45) is 0 Å². The van der Waals surface area contributed by atoms with Crippen LogP contribution >= 0.6 is 0 Å². The lowest BCUT2D eigenvalue weighted by atomic mass is 9.84. The Kier molecular flexibility index (Phi) is 2.96. The molecule has 1 heteroatoms. The molecule has 1 aliphatic carbocycles.